The van der Waals surface area contributed by atoms with Gasteiger partial charge in [0.05, 0.1) is 11.2 Å². The Bertz CT molecular complexity index is 1150. The Morgan fingerprint density at radius 3 is 2.32 bits per heavy atom. The van der Waals surface area contributed by atoms with E-state index < -0.39 is 11.2 Å². The topological polar surface area (TPSA) is 138 Å². The van der Waals surface area contributed by atoms with E-state index >= 15 is 0 Å². The zero-order chi connectivity index (χ0) is 26.6. The number of nitrogens with zero attached hydrogens (tertiary/aromatic N) is 4. The molecule has 2 aliphatic rings. The molecule has 2 aromatic rings. The quantitative estimate of drug-likeness (QED) is 0.403. The largest absolute Gasteiger partial charge is 0.354 e. The number of hydrogen-bond acceptors (Lipinski definition) is 7. The first-order valence-corrected chi connectivity index (χ1v) is 12.9. The number of amides is 3. The van der Waals surface area contributed by atoms with Crippen molar-refractivity contribution in [3.05, 3.63) is 52.6 Å². The summed E-state index contributed by atoms with van der Waals surface area (Å²) in [5.74, 6) is 0.770. The Balaban J connectivity index is 1.29. The molecule has 0 spiro atoms. The van der Waals surface area contributed by atoms with Crippen LogP contribution in [0.2, 0.25) is 0 Å². The molecule has 0 saturated carbocycles. The first-order chi connectivity index (χ1) is 17.6. The summed E-state index contributed by atoms with van der Waals surface area (Å²) in [6, 6.07) is 9.48. The van der Waals surface area contributed by atoms with Gasteiger partial charge in [-0.05, 0) is 56.9 Å². The van der Waals surface area contributed by atoms with E-state index in [1.54, 1.807) is 35.9 Å². The Hall–Kier alpha value is -3.28. The van der Waals surface area contributed by atoms with E-state index in [0.29, 0.717) is 37.9 Å². The third-order valence-electron chi connectivity index (χ3n) is 6.82. The third-order valence-corrected chi connectivity index (χ3v) is 6.82. The highest BCUT2D eigenvalue weighted by Crippen LogP contribution is 2.13. The van der Waals surface area contributed by atoms with Crippen LogP contribution in [-0.4, -0.2) is 88.7 Å². The van der Waals surface area contributed by atoms with Crippen molar-refractivity contribution in [1.29, 1.82) is 0 Å². The number of nitrogens with one attached hydrogen (secondary N) is 3. The van der Waals surface area contributed by atoms with Crippen molar-refractivity contribution in [2.75, 3.05) is 51.1 Å². The zero-order valence-electron chi connectivity index (χ0n) is 21.9. The summed E-state index contributed by atoms with van der Waals surface area (Å²) >= 11 is 0. The lowest BCUT2D eigenvalue weighted by atomic mass is 10.0. The molecule has 37 heavy (non-hydrogen) atoms. The smallest absolute Gasteiger partial charge is 0.338 e. The van der Waals surface area contributed by atoms with E-state index in [1.807, 2.05) is 24.3 Å². The normalized spacial score (nSPS) is 17.3. The second kappa shape index (κ2) is 11.4. The van der Waals surface area contributed by atoms with Crippen LogP contribution in [0, 0.1) is 5.92 Å². The van der Waals surface area contributed by atoms with Crippen LogP contribution < -0.4 is 27.4 Å². The predicted octanol–water partition coefficient (Wildman–Crippen LogP) is 0.386. The number of carbonyl (C=O) groups is 2. The van der Waals surface area contributed by atoms with Gasteiger partial charge in [0.2, 0.25) is 5.91 Å². The Morgan fingerprint density at radius 2 is 1.76 bits per heavy atom. The van der Waals surface area contributed by atoms with Crippen LogP contribution in [0.15, 0.2) is 41.3 Å². The summed E-state index contributed by atoms with van der Waals surface area (Å²) in [6.07, 6.45) is 2.52. The molecule has 1 unspecified atom stereocenters. The maximum atomic E-state index is 12.7. The van der Waals surface area contributed by atoms with Crippen molar-refractivity contribution in [3.8, 4) is 5.69 Å². The van der Waals surface area contributed by atoms with E-state index in [-0.39, 0.29) is 17.8 Å². The van der Waals surface area contributed by atoms with Crippen LogP contribution in [0.25, 0.3) is 5.69 Å². The van der Waals surface area contributed by atoms with Crippen molar-refractivity contribution in [2.24, 2.45) is 11.7 Å². The van der Waals surface area contributed by atoms with E-state index in [0.717, 1.165) is 32.0 Å². The highest BCUT2D eigenvalue weighted by Gasteiger charge is 2.31. The molecule has 0 bridgehead atoms. The minimum absolute atomic E-state index is 0.140. The van der Waals surface area contributed by atoms with Gasteiger partial charge in [0.1, 0.15) is 5.82 Å². The molecule has 2 saturated heterocycles. The minimum atomic E-state index is -0.943. The van der Waals surface area contributed by atoms with Crippen LogP contribution in [0.3, 0.4) is 0 Å². The summed E-state index contributed by atoms with van der Waals surface area (Å²) in [5.41, 5.74) is 6.38. The second-order valence-corrected chi connectivity index (χ2v) is 10.6. The molecule has 1 aromatic heterocycles. The van der Waals surface area contributed by atoms with Gasteiger partial charge in [-0.25, -0.2) is 9.59 Å². The summed E-state index contributed by atoms with van der Waals surface area (Å²) in [6.45, 7) is 10.3. The first-order valence-electron chi connectivity index (χ1n) is 12.9. The summed E-state index contributed by atoms with van der Waals surface area (Å²) in [4.78, 5) is 45.0. The molecule has 2 fully saturated rings. The summed E-state index contributed by atoms with van der Waals surface area (Å²) < 4.78 is 1.45. The van der Waals surface area contributed by atoms with Crippen molar-refractivity contribution < 1.29 is 9.59 Å². The Morgan fingerprint density at radius 1 is 1.11 bits per heavy atom. The number of hydrogen-bond donors (Lipinski definition) is 4. The number of anilines is 1. The van der Waals surface area contributed by atoms with Crippen LogP contribution in [0.4, 0.5) is 10.6 Å². The molecule has 2 aliphatic heterocycles. The molecule has 1 atom stereocenters. The summed E-state index contributed by atoms with van der Waals surface area (Å²) in [7, 11) is 0. The molecule has 11 heteroatoms. The highest BCUT2D eigenvalue weighted by atomic mass is 16.2. The molecule has 1 aromatic carbocycles. The van der Waals surface area contributed by atoms with Crippen LogP contribution in [-0.2, 0) is 11.2 Å². The van der Waals surface area contributed by atoms with Crippen molar-refractivity contribution >= 4 is 17.8 Å². The molecule has 4 rings (SSSR count). The zero-order valence-corrected chi connectivity index (χ0v) is 21.9. The van der Waals surface area contributed by atoms with E-state index in [4.69, 9.17) is 5.73 Å². The van der Waals surface area contributed by atoms with Crippen molar-refractivity contribution in [1.82, 2.24) is 30.0 Å². The van der Waals surface area contributed by atoms with Gasteiger partial charge in [0, 0.05) is 58.1 Å². The second-order valence-electron chi connectivity index (χ2n) is 10.6. The molecular weight excluding hydrogens is 472 g/mol. The lowest BCUT2D eigenvalue weighted by Gasteiger charge is -2.37. The molecule has 3 amide bonds. The van der Waals surface area contributed by atoms with Crippen LogP contribution in [0.1, 0.15) is 26.3 Å². The van der Waals surface area contributed by atoms with E-state index in [2.05, 4.69) is 27.9 Å². The molecule has 0 radical (unpaired) electrons. The van der Waals surface area contributed by atoms with Gasteiger partial charge in [-0.3, -0.25) is 14.7 Å². The van der Waals surface area contributed by atoms with Crippen molar-refractivity contribution in [2.45, 2.75) is 38.8 Å². The van der Waals surface area contributed by atoms with E-state index in [9.17, 15) is 14.4 Å². The van der Waals surface area contributed by atoms with Gasteiger partial charge in [-0.15, -0.1) is 0 Å². The standard InChI is InChI=1S/C26H38N8O3/c1-18(29-17-20-15-28-16-20)14-19-4-6-21(7-5-19)34-9-8-22(31-25(34)37)30-24(36)33-12-10-32(11-13-33)23(35)26(2,3)27/h4-9,18,20,28-29H,10-17,27H2,1-3H3,(H,30,31,36,37). The molecule has 3 heterocycles. The first kappa shape index (κ1) is 26.8. The van der Waals surface area contributed by atoms with Crippen molar-refractivity contribution in [3.63, 3.8) is 0 Å². The van der Waals surface area contributed by atoms with Crippen LogP contribution in [0.5, 0.6) is 0 Å². The number of rotatable bonds is 8. The number of urea groups is 1. The fourth-order valence-electron chi connectivity index (χ4n) is 4.46. The lowest BCUT2D eigenvalue weighted by Crippen LogP contribution is -2.58. The fourth-order valence-corrected chi connectivity index (χ4v) is 4.46. The SMILES string of the molecule is CC(Cc1ccc(-n2ccc(NC(=O)N3CCN(C(=O)C(C)(C)N)CC3)nc2=O)cc1)NCC1CNC1. The van der Waals surface area contributed by atoms with Gasteiger partial charge in [-0.1, -0.05) is 12.1 Å². The number of piperazine rings is 1. The third kappa shape index (κ3) is 6.94. The maximum absolute atomic E-state index is 12.7. The van der Waals surface area contributed by atoms with Gasteiger partial charge < -0.3 is 26.2 Å². The van der Waals surface area contributed by atoms with Gasteiger partial charge in [-0.2, -0.15) is 4.98 Å². The number of nitrogens with two attached hydrogens (primary N) is 1. The van der Waals surface area contributed by atoms with Gasteiger partial charge in [0.15, 0.2) is 0 Å². The number of aromatic nitrogens is 2. The van der Waals surface area contributed by atoms with E-state index in [1.165, 1.54) is 10.1 Å². The minimum Gasteiger partial charge on any atom is -0.338 e. The van der Waals surface area contributed by atoms with Crippen LogP contribution >= 0.6 is 0 Å². The predicted molar refractivity (Wildman–Crippen MR) is 143 cm³/mol. The molecule has 11 nitrogen and oxygen atoms in total. The number of benzene rings is 1. The highest BCUT2D eigenvalue weighted by molar-refractivity contribution is 5.89. The average molecular weight is 511 g/mol. The Kier molecular flexibility index (Phi) is 8.25. The summed E-state index contributed by atoms with van der Waals surface area (Å²) in [5, 5.41) is 9.56. The van der Waals surface area contributed by atoms with Gasteiger partial charge >= 0.3 is 11.7 Å². The number of carbonyl (C=O) groups excluding carboxylic acids is 2. The molecule has 5 N–H and O–H groups in total. The fraction of sp³-hybridized carbons (Fsp3) is 0.538. The molecular formula is C26H38N8O3. The monoisotopic (exact) mass is 510 g/mol. The maximum Gasteiger partial charge on any atom is 0.354 e. The molecule has 200 valence electrons. The average Bonchev–Trinajstić information content (AvgIpc) is 2.83. The Labute approximate surface area is 217 Å². The lowest BCUT2D eigenvalue weighted by molar-refractivity contribution is -0.137. The molecule has 0 aliphatic carbocycles. The van der Waals surface area contributed by atoms with Gasteiger partial charge in [0.25, 0.3) is 0 Å².